The molecular weight excluding hydrogens is 247 g/mol. The summed E-state index contributed by atoms with van der Waals surface area (Å²) in [5.41, 5.74) is 1.47. The van der Waals surface area contributed by atoms with Gasteiger partial charge < -0.3 is 0 Å². The van der Waals surface area contributed by atoms with E-state index in [-0.39, 0.29) is 0 Å². The monoisotopic (exact) mass is 263 g/mol. The average Bonchev–Trinajstić information content (AvgIpc) is 2.88. The lowest BCUT2D eigenvalue weighted by Crippen LogP contribution is -2.17. The molecule has 0 atom stereocenters. The molecule has 3 rings (SSSR count). The summed E-state index contributed by atoms with van der Waals surface area (Å²) in [4.78, 5) is 0. The molecule has 1 saturated carbocycles. The van der Waals surface area contributed by atoms with Gasteiger partial charge in [-0.3, -0.25) is 0 Å². The fourth-order valence-electron chi connectivity index (χ4n) is 2.33. The zero-order valence-electron chi connectivity index (χ0n) is 11.0. The minimum Gasteiger partial charge on any atom is -0.0622 e. The molecule has 0 bridgehead atoms. The molecule has 19 heavy (non-hydrogen) atoms. The van der Waals surface area contributed by atoms with Crippen molar-refractivity contribution in [3.05, 3.63) is 91.5 Å². The third-order valence-corrected chi connectivity index (χ3v) is 5.89. The Kier molecular flexibility index (Phi) is 3.99. The van der Waals surface area contributed by atoms with Gasteiger partial charge in [-0.25, -0.2) is 0 Å². The minimum atomic E-state index is -0.430. The molecule has 0 aliphatic heterocycles. The lowest BCUT2D eigenvalue weighted by Gasteiger charge is -2.27. The highest BCUT2D eigenvalue weighted by molar-refractivity contribution is 7.76. The molecule has 0 unspecified atom stereocenters. The van der Waals surface area contributed by atoms with Crippen LogP contribution < -0.4 is 10.6 Å². The zero-order chi connectivity index (χ0) is 13.1. The summed E-state index contributed by atoms with van der Waals surface area (Å²) in [5.74, 6) is 1.39. The molecule has 1 aliphatic carbocycles. The van der Waals surface area contributed by atoms with E-state index in [1.165, 1.54) is 22.2 Å². The van der Waals surface area contributed by atoms with Crippen molar-refractivity contribution in [1.82, 2.24) is 0 Å². The van der Waals surface area contributed by atoms with Gasteiger partial charge in [-0.05, 0) is 43.7 Å². The molecule has 0 N–H and O–H groups in total. The predicted molar refractivity (Wildman–Crippen MR) is 84.1 cm³/mol. The molecule has 0 heterocycles. The van der Waals surface area contributed by atoms with E-state index in [4.69, 9.17) is 0 Å². The van der Waals surface area contributed by atoms with Crippen molar-refractivity contribution in [1.29, 1.82) is 0 Å². The van der Waals surface area contributed by atoms with Gasteiger partial charge >= 0.3 is 0 Å². The van der Waals surface area contributed by atoms with Gasteiger partial charge in [0.2, 0.25) is 0 Å². The molecule has 2 aromatic rings. The Labute approximate surface area is 117 Å². The smallest absolute Gasteiger partial charge is 0.0192 e. The topological polar surface area (TPSA) is 0 Å². The molecular formula is C18H16P. The van der Waals surface area contributed by atoms with Crippen LogP contribution in [-0.4, -0.2) is 0 Å². The predicted octanol–water partition coefficient (Wildman–Crippen LogP) is 3.87. The Balaban J connectivity index is 2.01. The van der Waals surface area contributed by atoms with Crippen molar-refractivity contribution in [3.8, 4) is 0 Å². The molecule has 1 aliphatic rings. The van der Waals surface area contributed by atoms with Crippen LogP contribution in [0.25, 0.3) is 0 Å². The fourth-order valence-corrected chi connectivity index (χ4v) is 4.79. The van der Waals surface area contributed by atoms with Crippen molar-refractivity contribution < 1.29 is 0 Å². The Hall–Kier alpha value is -1.13. The first kappa shape index (κ1) is 12.9. The molecule has 0 nitrogen and oxygen atoms in total. The van der Waals surface area contributed by atoms with Crippen LogP contribution in [0.2, 0.25) is 0 Å². The molecule has 1 fully saturated rings. The first-order chi connectivity index (χ1) is 9.36. The van der Waals surface area contributed by atoms with E-state index in [1.807, 2.05) is 0 Å². The van der Waals surface area contributed by atoms with Crippen LogP contribution >= 0.6 is 7.92 Å². The van der Waals surface area contributed by atoms with Crippen molar-refractivity contribution in [3.63, 3.8) is 0 Å². The van der Waals surface area contributed by atoms with Gasteiger partial charge in [0.1, 0.15) is 0 Å². The quantitative estimate of drug-likeness (QED) is 0.737. The van der Waals surface area contributed by atoms with E-state index in [9.17, 15) is 0 Å². The highest BCUT2D eigenvalue weighted by atomic mass is 31.1. The summed E-state index contributed by atoms with van der Waals surface area (Å²) in [5, 5.41) is 2.83. The molecule has 0 aromatic heterocycles. The Morgan fingerprint density at radius 2 is 1.21 bits per heavy atom. The van der Waals surface area contributed by atoms with Crippen LogP contribution in [0.4, 0.5) is 0 Å². The van der Waals surface area contributed by atoms with E-state index in [0.717, 1.165) is 0 Å². The number of rotatable bonds is 3. The van der Waals surface area contributed by atoms with Crippen LogP contribution in [-0.2, 0) is 0 Å². The summed E-state index contributed by atoms with van der Waals surface area (Å²) in [6.07, 6.45) is 6.63. The van der Waals surface area contributed by atoms with Crippen molar-refractivity contribution in [2.24, 2.45) is 0 Å². The van der Waals surface area contributed by atoms with Crippen LogP contribution in [0.15, 0.2) is 60.7 Å². The normalized spacial score (nSPS) is 17.2. The van der Waals surface area contributed by atoms with E-state index in [0.29, 0.717) is 0 Å². The maximum Gasteiger partial charge on any atom is 0.0192 e. The second-order valence-electron chi connectivity index (χ2n) is 4.60. The van der Waals surface area contributed by atoms with Crippen LogP contribution in [0, 0.1) is 30.8 Å². The molecule has 0 amide bonds. The lowest BCUT2D eigenvalue weighted by atomic mass is 10.1. The van der Waals surface area contributed by atoms with Gasteiger partial charge in [0.25, 0.3) is 0 Å². The SMILES string of the molecule is C[C]1[CH][CH][CH][C]1P(c1ccccc1)c1ccccc1. The van der Waals surface area contributed by atoms with E-state index in [2.05, 4.69) is 86.8 Å². The molecule has 0 spiro atoms. The maximum atomic E-state index is 2.26. The Bertz CT molecular complexity index is 466. The van der Waals surface area contributed by atoms with Gasteiger partial charge in [-0.15, -0.1) is 0 Å². The summed E-state index contributed by atoms with van der Waals surface area (Å²) >= 11 is 0. The van der Waals surface area contributed by atoms with E-state index < -0.39 is 7.92 Å². The maximum absolute atomic E-state index is 2.26. The summed E-state index contributed by atoms with van der Waals surface area (Å²) < 4.78 is 0. The molecule has 0 saturated heterocycles. The number of benzene rings is 2. The Morgan fingerprint density at radius 3 is 1.63 bits per heavy atom. The molecule has 2 aromatic carbocycles. The van der Waals surface area contributed by atoms with Crippen LogP contribution in [0.1, 0.15) is 6.92 Å². The first-order valence-electron chi connectivity index (χ1n) is 6.49. The minimum absolute atomic E-state index is 0.430. The number of hydrogen-bond donors (Lipinski definition) is 0. The first-order valence-corrected chi connectivity index (χ1v) is 7.83. The molecule has 5 radical (unpaired) electrons. The Morgan fingerprint density at radius 1 is 0.684 bits per heavy atom. The van der Waals surface area contributed by atoms with E-state index in [1.54, 1.807) is 0 Å². The largest absolute Gasteiger partial charge is 0.0622 e. The van der Waals surface area contributed by atoms with Gasteiger partial charge in [0.05, 0.1) is 0 Å². The molecule has 93 valence electrons. The third kappa shape index (κ3) is 2.74. The summed E-state index contributed by atoms with van der Waals surface area (Å²) in [6, 6.07) is 21.7. The standard InChI is InChI=1S/C18H16P/c1-15-9-8-14-18(15)19(16-10-4-2-5-11-16)17-12-6-3-7-13-17/h2-14H,1H3. The van der Waals surface area contributed by atoms with Gasteiger partial charge in [-0.1, -0.05) is 67.6 Å². The zero-order valence-corrected chi connectivity index (χ0v) is 11.8. The van der Waals surface area contributed by atoms with Crippen molar-refractivity contribution in [2.45, 2.75) is 6.92 Å². The second kappa shape index (κ2) is 5.88. The fraction of sp³-hybridized carbons (Fsp3) is 0.0556. The van der Waals surface area contributed by atoms with Gasteiger partial charge in [0, 0.05) is 5.66 Å². The van der Waals surface area contributed by atoms with Gasteiger partial charge in [0.15, 0.2) is 0 Å². The highest BCUT2D eigenvalue weighted by Crippen LogP contribution is 2.55. The second-order valence-corrected chi connectivity index (χ2v) is 6.79. The van der Waals surface area contributed by atoms with Crippen molar-refractivity contribution in [2.75, 3.05) is 0 Å². The lowest BCUT2D eigenvalue weighted by molar-refractivity contribution is 1.21. The van der Waals surface area contributed by atoms with Crippen LogP contribution in [0.3, 0.4) is 0 Å². The highest BCUT2D eigenvalue weighted by Gasteiger charge is 2.34. The summed E-state index contributed by atoms with van der Waals surface area (Å²) in [6.45, 7) is 2.20. The summed E-state index contributed by atoms with van der Waals surface area (Å²) in [7, 11) is -0.430. The van der Waals surface area contributed by atoms with Crippen LogP contribution in [0.5, 0.6) is 0 Å². The van der Waals surface area contributed by atoms with E-state index >= 15 is 0 Å². The average molecular weight is 263 g/mol. The molecule has 1 heteroatoms. The number of hydrogen-bond acceptors (Lipinski definition) is 0. The third-order valence-electron chi connectivity index (χ3n) is 3.27. The van der Waals surface area contributed by atoms with Crippen molar-refractivity contribution >= 4 is 18.5 Å². The van der Waals surface area contributed by atoms with Gasteiger partial charge in [-0.2, -0.15) is 0 Å².